The normalized spacial score (nSPS) is 11.8. The van der Waals surface area contributed by atoms with Gasteiger partial charge >= 0.3 is 5.97 Å². The Morgan fingerprint density at radius 3 is 2.68 bits per heavy atom. The Morgan fingerprint density at radius 1 is 1.10 bits per heavy atom. The zero-order valence-corrected chi connectivity index (χ0v) is 17.0. The number of aromatic hydroxyl groups is 1. The largest absolute Gasteiger partial charge is 0.505 e. The number of fused-ring (bicyclic) bond motifs is 1. The minimum Gasteiger partial charge on any atom is -0.505 e. The van der Waals surface area contributed by atoms with Gasteiger partial charge in [0.05, 0.1) is 16.8 Å². The Kier molecular flexibility index (Phi) is 5.86. The predicted molar refractivity (Wildman–Crippen MR) is 118 cm³/mol. The number of rotatable bonds is 7. The number of carbonyl (C=O) groups is 1. The highest BCUT2D eigenvalue weighted by atomic mass is 35.5. The highest BCUT2D eigenvalue weighted by Gasteiger charge is 2.24. The molecule has 2 aromatic heterocycles. The summed E-state index contributed by atoms with van der Waals surface area (Å²) in [5.74, 6) is -0.760. The minimum atomic E-state index is -1.09. The summed E-state index contributed by atoms with van der Waals surface area (Å²) in [6, 6.07) is 15.2. The lowest BCUT2D eigenvalue weighted by Crippen LogP contribution is -2.16. The number of para-hydroxylation sites is 1. The summed E-state index contributed by atoms with van der Waals surface area (Å²) in [6.45, 7) is -0.497. The third kappa shape index (κ3) is 4.36. The second kappa shape index (κ2) is 8.89. The summed E-state index contributed by atoms with van der Waals surface area (Å²) >= 11 is 6.51. The molecule has 0 unspecified atom stereocenters. The maximum Gasteiger partial charge on any atom is 0.341 e. The zero-order valence-electron chi connectivity index (χ0n) is 16.2. The van der Waals surface area contributed by atoms with Crippen molar-refractivity contribution in [3.05, 3.63) is 89.3 Å². The SMILES string of the molecule is O=C(O)COc1ccccc1[C@H](Nc1cccnc1)c1cc(Cl)c2cccnc2c1O. The van der Waals surface area contributed by atoms with Gasteiger partial charge in [-0.1, -0.05) is 29.8 Å². The second-order valence-corrected chi connectivity index (χ2v) is 7.14. The number of carboxylic acids is 1. The quantitative estimate of drug-likeness (QED) is 0.388. The van der Waals surface area contributed by atoms with E-state index in [1.165, 1.54) is 0 Å². The number of aliphatic carboxylic acids is 1. The van der Waals surface area contributed by atoms with Crippen LogP contribution >= 0.6 is 11.6 Å². The fourth-order valence-corrected chi connectivity index (χ4v) is 3.62. The van der Waals surface area contributed by atoms with Gasteiger partial charge < -0.3 is 20.3 Å². The molecule has 156 valence electrons. The summed E-state index contributed by atoms with van der Waals surface area (Å²) in [5, 5.41) is 24.5. The van der Waals surface area contributed by atoms with Crippen molar-refractivity contribution in [1.29, 1.82) is 0 Å². The molecule has 0 aliphatic heterocycles. The first-order chi connectivity index (χ1) is 15.0. The molecule has 7 nitrogen and oxygen atoms in total. The molecule has 8 heteroatoms. The van der Waals surface area contributed by atoms with Crippen molar-refractivity contribution in [2.75, 3.05) is 11.9 Å². The molecule has 0 bridgehead atoms. The molecule has 2 aromatic carbocycles. The zero-order chi connectivity index (χ0) is 21.8. The predicted octanol–water partition coefficient (Wildman–Crippen LogP) is 4.65. The summed E-state index contributed by atoms with van der Waals surface area (Å²) in [4.78, 5) is 19.5. The molecular weight excluding hydrogens is 418 g/mol. The van der Waals surface area contributed by atoms with Gasteiger partial charge in [-0.05, 0) is 36.4 Å². The first kappa shape index (κ1) is 20.4. The monoisotopic (exact) mass is 435 g/mol. The number of anilines is 1. The number of aromatic nitrogens is 2. The van der Waals surface area contributed by atoms with Crippen molar-refractivity contribution in [1.82, 2.24) is 9.97 Å². The van der Waals surface area contributed by atoms with Gasteiger partial charge in [-0.15, -0.1) is 0 Å². The average molecular weight is 436 g/mol. The molecule has 0 spiro atoms. The molecule has 0 radical (unpaired) electrons. The first-order valence-electron chi connectivity index (χ1n) is 9.40. The molecule has 0 aliphatic rings. The lowest BCUT2D eigenvalue weighted by atomic mass is 9.95. The fourth-order valence-electron chi connectivity index (χ4n) is 3.35. The molecule has 0 amide bonds. The van der Waals surface area contributed by atoms with Crippen molar-refractivity contribution in [2.24, 2.45) is 0 Å². The van der Waals surface area contributed by atoms with Gasteiger partial charge in [0.1, 0.15) is 17.0 Å². The average Bonchev–Trinajstić information content (AvgIpc) is 2.80. The number of phenols is 1. The number of nitrogens with one attached hydrogen (secondary N) is 1. The van der Waals surface area contributed by atoms with Crippen molar-refractivity contribution in [2.45, 2.75) is 6.04 Å². The standard InChI is InChI=1S/C23H18ClN3O4/c24-18-11-17(23(30)22-15(18)7-4-10-26-22)21(27-14-5-3-9-25-12-14)16-6-1-2-8-19(16)31-13-20(28)29/h1-12,21,27,30H,13H2,(H,28,29)/t21-/m0/s1. The first-order valence-corrected chi connectivity index (χ1v) is 9.78. The van der Waals surface area contributed by atoms with E-state index in [2.05, 4.69) is 15.3 Å². The van der Waals surface area contributed by atoms with Gasteiger partial charge in [0.2, 0.25) is 0 Å². The third-order valence-corrected chi connectivity index (χ3v) is 5.02. The van der Waals surface area contributed by atoms with E-state index < -0.39 is 18.6 Å². The molecule has 31 heavy (non-hydrogen) atoms. The van der Waals surface area contributed by atoms with Crippen molar-refractivity contribution in [3.8, 4) is 11.5 Å². The van der Waals surface area contributed by atoms with E-state index in [-0.39, 0.29) is 5.75 Å². The third-order valence-electron chi connectivity index (χ3n) is 4.71. The van der Waals surface area contributed by atoms with E-state index in [9.17, 15) is 9.90 Å². The lowest BCUT2D eigenvalue weighted by Gasteiger charge is -2.24. The van der Waals surface area contributed by atoms with E-state index in [0.29, 0.717) is 38.5 Å². The lowest BCUT2D eigenvalue weighted by molar-refractivity contribution is -0.139. The number of halogens is 1. The number of hydrogen-bond acceptors (Lipinski definition) is 6. The van der Waals surface area contributed by atoms with E-state index in [1.807, 2.05) is 6.07 Å². The number of pyridine rings is 2. The second-order valence-electron chi connectivity index (χ2n) is 6.74. The van der Waals surface area contributed by atoms with Gasteiger partial charge in [-0.25, -0.2) is 4.79 Å². The van der Waals surface area contributed by atoms with Crippen LogP contribution in [0.2, 0.25) is 5.02 Å². The Balaban J connectivity index is 1.88. The Bertz CT molecular complexity index is 1230. The van der Waals surface area contributed by atoms with Crippen LogP contribution in [0.4, 0.5) is 5.69 Å². The Morgan fingerprint density at radius 2 is 1.90 bits per heavy atom. The van der Waals surface area contributed by atoms with E-state index >= 15 is 0 Å². The number of nitrogens with zero attached hydrogens (tertiary/aromatic N) is 2. The van der Waals surface area contributed by atoms with Gasteiger partial charge in [-0.2, -0.15) is 0 Å². The van der Waals surface area contributed by atoms with Crippen LogP contribution in [0.3, 0.4) is 0 Å². The van der Waals surface area contributed by atoms with Crippen LogP contribution in [-0.2, 0) is 4.79 Å². The minimum absolute atomic E-state index is 0.0329. The molecule has 1 atom stereocenters. The van der Waals surface area contributed by atoms with Crippen LogP contribution in [0.1, 0.15) is 17.2 Å². The Hall–Kier alpha value is -3.84. The highest BCUT2D eigenvalue weighted by Crippen LogP contribution is 2.41. The van der Waals surface area contributed by atoms with Gasteiger partial charge in [0.15, 0.2) is 6.61 Å². The topological polar surface area (TPSA) is 105 Å². The molecule has 4 rings (SSSR count). The van der Waals surface area contributed by atoms with E-state index in [4.69, 9.17) is 21.4 Å². The highest BCUT2D eigenvalue weighted by molar-refractivity contribution is 6.35. The van der Waals surface area contributed by atoms with Crippen LogP contribution in [0, 0.1) is 0 Å². The number of ether oxygens (including phenoxy) is 1. The van der Waals surface area contributed by atoms with E-state index in [0.717, 1.165) is 0 Å². The molecule has 2 heterocycles. The summed E-state index contributed by atoms with van der Waals surface area (Å²) in [5.41, 5.74) is 2.14. The van der Waals surface area contributed by atoms with Crippen molar-refractivity contribution >= 4 is 34.2 Å². The number of carboxylic acid groups (broad SMARTS) is 1. The maximum absolute atomic E-state index is 11.1. The number of benzene rings is 2. The van der Waals surface area contributed by atoms with Crippen LogP contribution < -0.4 is 10.1 Å². The molecule has 0 saturated carbocycles. The maximum atomic E-state index is 11.1. The van der Waals surface area contributed by atoms with Crippen molar-refractivity contribution in [3.63, 3.8) is 0 Å². The molecule has 0 fully saturated rings. The summed E-state index contributed by atoms with van der Waals surface area (Å²) in [6.07, 6.45) is 4.87. The van der Waals surface area contributed by atoms with Gasteiger partial charge in [0.25, 0.3) is 0 Å². The van der Waals surface area contributed by atoms with Crippen molar-refractivity contribution < 1.29 is 19.7 Å². The Labute approximate surface area is 182 Å². The van der Waals surface area contributed by atoms with Crippen LogP contribution in [0.15, 0.2) is 73.2 Å². The fraction of sp³-hybridized carbons (Fsp3) is 0.0870. The van der Waals surface area contributed by atoms with Gasteiger partial charge in [-0.3, -0.25) is 9.97 Å². The van der Waals surface area contributed by atoms with Crippen LogP contribution in [0.25, 0.3) is 10.9 Å². The molecule has 3 N–H and O–H groups in total. The molecule has 0 aliphatic carbocycles. The molecular formula is C23H18ClN3O4. The van der Waals surface area contributed by atoms with Gasteiger partial charge in [0, 0.05) is 35.1 Å². The summed E-state index contributed by atoms with van der Waals surface area (Å²) < 4.78 is 5.51. The number of phenolic OH excluding ortho intramolecular Hbond substituents is 1. The molecule has 0 saturated heterocycles. The van der Waals surface area contributed by atoms with Crippen LogP contribution in [-0.4, -0.2) is 32.8 Å². The smallest absolute Gasteiger partial charge is 0.341 e. The van der Waals surface area contributed by atoms with E-state index in [1.54, 1.807) is 67.1 Å². The molecule has 4 aromatic rings. The number of hydrogen-bond donors (Lipinski definition) is 3. The van der Waals surface area contributed by atoms with Crippen LogP contribution in [0.5, 0.6) is 11.5 Å². The summed E-state index contributed by atoms with van der Waals surface area (Å²) in [7, 11) is 0.